The molecule has 28 heavy (non-hydrogen) atoms. The van der Waals surface area contributed by atoms with E-state index in [1.165, 1.54) is 6.07 Å². The summed E-state index contributed by atoms with van der Waals surface area (Å²) >= 11 is 0. The lowest BCUT2D eigenvalue weighted by Crippen LogP contribution is -2.51. The molecule has 2 heterocycles. The number of benzene rings is 1. The summed E-state index contributed by atoms with van der Waals surface area (Å²) in [6.07, 6.45) is 6.02. The minimum atomic E-state index is -0.391. The number of nitrogens with zero attached hydrogens (tertiary/aromatic N) is 5. The summed E-state index contributed by atoms with van der Waals surface area (Å²) in [5.41, 5.74) is 1.93. The first-order valence-electron chi connectivity index (χ1n) is 8.98. The van der Waals surface area contributed by atoms with Crippen molar-refractivity contribution in [3.05, 3.63) is 47.5 Å². The molecule has 0 spiro atoms. The van der Waals surface area contributed by atoms with E-state index >= 15 is 0 Å². The number of guanidine groups is 1. The smallest absolute Gasteiger partial charge is 0.191 e. The van der Waals surface area contributed by atoms with E-state index in [0.717, 1.165) is 31.6 Å². The molecular formula is C19H25FIN7. The standard InChI is InChI=1S/C19H24FN7.HI/c1-22-19(23-10-15-6-5-14(9-21)8-18(15)20)25-16-4-3-7-27(12-16)17-11-24-26(2)13-17;/h5-6,8,11,13,16H,3-4,7,10,12H2,1-2H3,(H2,22,23,25);1H. The van der Waals surface area contributed by atoms with Crippen molar-refractivity contribution in [3.8, 4) is 6.07 Å². The van der Waals surface area contributed by atoms with Gasteiger partial charge in [0.25, 0.3) is 0 Å². The third-order valence-electron chi connectivity index (χ3n) is 4.67. The number of hydrogen-bond acceptors (Lipinski definition) is 4. The Bertz CT molecular complexity index is 858. The Morgan fingerprint density at radius 1 is 1.46 bits per heavy atom. The zero-order chi connectivity index (χ0) is 19.2. The van der Waals surface area contributed by atoms with E-state index in [9.17, 15) is 4.39 Å². The molecule has 2 N–H and O–H groups in total. The molecule has 1 saturated heterocycles. The van der Waals surface area contributed by atoms with E-state index in [-0.39, 0.29) is 30.0 Å². The maximum Gasteiger partial charge on any atom is 0.191 e. The highest BCUT2D eigenvalue weighted by Crippen LogP contribution is 2.19. The van der Waals surface area contributed by atoms with Gasteiger partial charge in [0.05, 0.1) is 23.5 Å². The number of hydrogen-bond donors (Lipinski definition) is 2. The molecule has 1 aliphatic rings. The van der Waals surface area contributed by atoms with Gasteiger partial charge in [-0.25, -0.2) is 4.39 Å². The summed E-state index contributed by atoms with van der Waals surface area (Å²) in [4.78, 5) is 6.55. The van der Waals surface area contributed by atoms with Crippen LogP contribution in [0.2, 0.25) is 0 Å². The van der Waals surface area contributed by atoms with Gasteiger partial charge in [0, 0.05) is 51.5 Å². The molecule has 1 aromatic heterocycles. The summed E-state index contributed by atoms with van der Waals surface area (Å²) < 4.78 is 15.8. The molecule has 0 saturated carbocycles. The van der Waals surface area contributed by atoms with Crippen LogP contribution < -0.4 is 15.5 Å². The summed E-state index contributed by atoms with van der Waals surface area (Å²) in [5.74, 6) is 0.245. The van der Waals surface area contributed by atoms with Gasteiger partial charge in [0.1, 0.15) is 5.82 Å². The van der Waals surface area contributed by atoms with Crippen molar-refractivity contribution in [2.24, 2.45) is 12.0 Å². The van der Waals surface area contributed by atoms with Crippen LogP contribution in [0.15, 0.2) is 35.6 Å². The van der Waals surface area contributed by atoms with E-state index in [1.54, 1.807) is 23.9 Å². The molecule has 1 unspecified atom stereocenters. The number of halogens is 2. The number of aryl methyl sites for hydroxylation is 1. The second-order valence-corrected chi connectivity index (χ2v) is 6.65. The normalized spacial score (nSPS) is 16.9. The maximum atomic E-state index is 14.0. The van der Waals surface area contributed by atoms with Crippen molar-refractivity contribution in [1.29, 1.82) is 5.26 Å². The van der Waals surface area contributed by atoms with Gasteiger partial charge in [0.15, 0.2) is 5.96 Å². The number of anilines is 1. The molecule has 1 fully saturated rings. The van der Waals surface area contributed by atoms with Gasteiger partial charge >= 0.3 is 0 Å². The topological polar surface area (TPSA) is 81.3 Å². The van der Waals surface area contributed by atoms with Crippen molar-refractivity contribution in [2.45, 2.75) is 25.4 Å². The first-order chi connectivity index (χ1) is 13.1. The summed E-state index contributed by atoms with van der Waals surface area (Å²) in [7, 11) is 3.61. The quantitative estimate of drug-likeness (QED) is 0.385. The third kappa shape index (κ3) is 5.58. The number of aromatic nitrogens is 2. The fourth-order valence-electron chi connectivity index (χ4n) is 3.23. The zero-order valence-electron chi connectivity index (χ0n) is 16.0. The Labute approximate surface area is 181 Å². The lowest BCUT2D eigenvalue weighted by Gasteiger charge is -2.34. The van der Waals surface area contributed by atoms with Crippen LogP contribution in [0.5, 0.6) is 0 Å². The Morgan fingerprint density at radius 2 is 2.29 bits per heavy atom. The Kier molecular flexibility index (Phi) is 8.04. The van der Waals surface area contributed by atoms with Gasteiger partial charge in [-0.15, -0.1) is 24.0 Å². The number of nitrogens with one attached hydrogen (secondary N) is 2. The molecule has 0 aliphatic carbocycles. The van der Waals surface area contributed by atoms with Crippen LogP contribution >= 0.6 is 24.0 Å². The number of piperidine rings is 1. The van der Waals surface area contributed by atoms with Gasteiger partial charge in [-0.2, -0.15) is 10.4 Å². The summed E-state index contributed by atoms with van der Waals surface area (Å²) in [6, 6.07) is 6.67. The van der Waals surface area contributed by atoms with Crippen LogP contribution in [0.3, 0.4) is 0 Å². The van der Waals surface area contributed by atoms with Gasteiger partial charge in [-0.1, -0.05) is 6.07 Å². The average Bonchev–Trinajstić information content (AvgIpc) is 3.12. The van der Waals surface area contributed by atoms with Gasteiger partial charge in [-0.3, -0.25) is 9.67 Å². The Balaban J connectivity index is 0.00000280. The van der Waals surface area contributed by atoms with E-state index < -0.39 is 5.82 Å². The molecule has 0 radical (unpaired) electrons. The van der Waals surface area contributed by atoms with Crippen LogP contribution in [-0.4, -0.2) is 41.9 Å². The van der Waals surface area contributed by atoms with E-state index in [2.05, 4.69) is 25.6 Å². The second kappa shape index (κ2) is 10.3. The van der Waals surface area contributed by atoms with Gasteiger partial charge in [0.2, 0.25) is 0 Å². The fraction of sp³-hybridized carbons (Fsp3) is 0.421. The fourth-order valence-corrected chi connectivity index (χ4v) is 3.23. The molecule has 7 nitrogen and oxygen atoms in total. The molecule has 1 aliphatic heterocycles. The van der Waals surface area contributed by atoms with E-state index in [0.29, 0.717) is 23.6 Å². The number of rotatable bonds is 4. The first kappa shape index (κ1) is 21.9. The van der Waals surface area contributed by atoms with Crippen LogP contribution in [0.25, 0.3) is 0 Å². The zero-order valence-corrected chi connectivity index (χ0v) is 18.4. The molecule has 2 aromatic rings. The molecule has 0 amide bonds. The number of aliphatic imine (C=N–C) groups is 1. The highest BCUT2D eigenvalue weighted by Gasteiger charge is 2.21. The summed E-state index contributed by atoms with van der Waals surface area (Å²) in [5, 5.41) is 19.6. The predicted octanol–water partition coefficient (Wildman–Crippen LogP) is 2.38. The minimum absolute atomic E-state index is 0. The molecule has 0 bridgehead atoms. The molecular weight excluding hydrogens is 472 g/mol. The first-order valence-corrected chi connectivity index (χ1v) is 8.98. The average molecular weight is 497 g/mol. The van der Waals surface area contributed by atoms with Crippen molar-refractivity contribution >= 4 is 35.6 Å². The van der Waals surface area contributed by atoms with Crippen molar-refractivity contribution in [3.63, 3.8) is 0 Å². The lowest BCUT2D eigenvalue weighted by molar-refractivity contribution is 0.467. The van der Waals surface area contributed by atoms with E-state index in [4.69, 9.17) is 5.26 Å². The summed E-state index contributed by atoms with van der Waals surface area (Å²) in [6.45, 7) is 2.17. The minimum Gasteiger partial charge on any atom is -0.367 e. The van der Waals surface area contributed by atoms with Crippen molar-refractivity contribution in [2.75, 3.05) is 25.0 Å². The van der Waals surface area contributed by atoms with Crippen LogP contribution in [0.1, 0.15) is 24.0 Å². The SMILES string of the molecule is CN=C(NCc1ccc(C#N)cc1F)NC1CCCN(c2cnn(C)c2)C1.I. The predicted molar refractivity (Wildman–Crippen MR) is 118 cm³/mol. The Hall–Kier alpha value is -2.35. The largest absolute Gasteiger partial charge is 0.367 e. The molecule has 150 valence electrons. The second-order valence-electron chi connectivity index (χ2n) is 6.65. The van der Waals surface area contributed by atoms with Gasteiger partial charge in [-0.05, 0) is 25.0 Å². The third-order valence-corrected chi connectivity index (χ3v) is 4.67. The van der Waals surface area contributed by atoms with Crippen LogP contribution in [0, 0.1) is 17.1 Å². The van der Waals surface area contributed by atoms with Crippen LogP contribution in [-0.2, 0) is 13.6 Å². The lowest BCUT2D eigenvalue weighted by atomic mass is 10.1. The maximum absolute atomic E-state index is 14.0. The van der Waals surface area contributed by atoms with Crippen molar-refractivity contribution in [1.82, 2.24) is 20.4 Å². The van der Waals surface area contributed by atoms with Gasteiger partial charge < -0.3 is 15.5 Å². The Morgan fingerprint density at radius 3 is 2.93 bits per heavy atom. The molecule has 1 atom stereocenters. The highest BCUT2D eigenvalue weighted by molar-refractivity contribution is 14.0. The van der Waals surface area contributed by atoms with E-state index in [1.807, 2.05) is 25.5 Å². The number of nitriles is 1. The molecule has 9 heteroatoms. The van der Waals surface area contributed by atoms with Crippen molar-refractivity contribution < 1.29 is 4.39 Å². The molecule has 3 rings (SSSR count). The highest BCUT2D eigenvalue weighted by atomic mass is 127. The van der Waals surface area contributed by atoms with Crippen LogP contribution in [0.4, 0.5) is 10.1 Å². The molecule has 1 aromatic carbocycles. The monoisotopic (exact) mass is 497 g/mol.